The van der Waals surface area contributed by atoms with E-state index in [-0.39, 0.29) is 0 Å². The molecule has 2 rings (SSSR count). The summed E-state index contributed by atoms with van der Waals surface area (Å²) in [5, 5.41) is 3.64. The minimum atomic E-state index is 0.328. The largest absolute Gasteiger partial charge is 0.373 e. The highest BCUT2D eigenvalue weighted by Crippen LogP contribution is 2.30. The first-order valence-corrected chi connectivity index (χ1v) is 7.16. The summed E-state index contributed by atoms with van der Waals surface area (Å²) in [5.41, 5.74) is 2.67. The Bertz CT molecular complexity index is 360. The van der Waals surface area contributed by atoms with Gasteiger partial charge in [-0.1, -0.05) is 36.8 Å². The zero-order valence-corrected chi connectivity index (χ0v) is 11.8. The summed E-state index contributed by atoms with van der Waals surface area (Å²) >= 11 is 0. The maximum Gasteiger partial charge on any atom is 0.0774 e. The molecule has 1 aliphatic heterocycles. The molecule has 1 saturated heterocycles. The lowest BCUT2D eigenvalue weighted by Crippen LogP contribution is -2.32. The molecule has 1 fully saturated rings. The van der Waals surface area contributed by atoms with Crippen LogP contribution in [0.25, 0.3) is 0 Å². The van der Waals surface area contributed by atoms with Gasteiger partial charge in [0.1, 0.15) is 0 Å². The second-order valence-corrected chi connectivity index (χ2v) is 5.40. The Balaban J connectivity index is 2.11. The van der Waals surface area contributed by atoms with Gasteiger partial charge < -0.3 is 10.1 Å². The predicted molar refractivity (Wildman–Crippen MR) is 75.8 cm³/mol. The van der Waals surface area contributed by atoms with Crippen LogP contribution in [-0.4, -0.2) is 18.8 Å². The molecule has 1 aromatic carbocycles. The van der Waals surface area contributed by atoms with Crippen molar-refractivity contribution in [1.82, 2.24) is 5.32 Å². The summed E-state index contributed by atoms with van der Waals surface area (Å²) in [6.45, 7) is 7.56. The predicted octanol–water partition coefficient (Wildman–Crippen LogP) is 3.60. The lowest BCUT2D eigenvalue weighted by atomic mass is 9.98. The van der Waals surface area contributed by atoms with Crippen molar-refractivity contribution in [2.75, 3.05) is 6.54 Å². The van der Waals surface area contributed by atoms with Gasteiger partial charge in [0.25, 0.3) is 0 Å². The molecule has 0 spiro atoms. The smallest absolute Gasteiger partial charge is 0.0774 e. The van der Waals surface area contributed by atoms with Crippen molar-refractivity contribution in [1.29, 1.82) is 0 Å². The highest BCUT2D eigenvalue weighted by Gasteiger charge is 2.30. The molecule has 1 N–H and O–H groups in total. The number of hydrogen-bond acceptors (Lipinski definition) is 2. The first-order valence-electron chi connectivity index (χ1n) is 7.16. The van der Waals surface area contributed by atoms with E-state index in [1.54, 1.807) is 0 Å². The second-order valence-electron chi connectivity index (χ2n) is 5.40. The molecule has 0 saturated carbocycles. The molecule has 3 unspecified atom stereocenters. The van der Waals surface area contributed by atoms with Crippen LogP contribution in [0.5, 0.6) is 0 Å². The van der Waals surface area contributed by atoms with E-state index >= 15 is 0 Å². The van der Waals surface area contributed by atoms with Gasteiger partial charge >= 0.3 is 0 Å². The molecule has 3 atom stereocenters. The third-order valence-electron chi connectivity index (χ3n) is 3.69. The molecule has 0 bridgehead atoms. The molecular formula is C16H25NO. The number of ether oxygens (including phenoxy) is 1. The monoisotopic (exact) mass is 247 g/mol. The van der Waals surface area contributed by atoms with Gasteiger partial charge in [0.05, 0.1) is 18.2 Å². The van der Waals surface area contributed by atoms with Crippen molar-refractivity contribution >= 4 is 0 Å². The SMILES string of the molecule is CCCNC(c1ccc(C)cc1)C1CCC(C)O1. The maximum absolute atomic E-state index is 6.04. The van der Waals surface area contributed by atoms with E-state index in [1.807, 2.05) is 0 Å². The third kappa shape index (κ3) is 3.33. The van der Waals surface area contributed by atoms with Crippen molar-refractivity contribution in [3.05, 3.63) is 35.4 Å². The van der Waals surface area contributed by atoms with Gasteiger partial charge in [-0.25, -0.2) is 0 Å². The first kappa shape index (κ1) is 13.6. The molecule has 0 radical (unpaired) electrons. The van der Waals surface area contributed by atoms with Gasteiger partial charge in [-0.2, -0.15) is 0 Å². The van der Waals surface area contributed by atoms with Crippen LogP contribution in [0.1, 0.15) is 50.3 Å². The van der Waals surface area contributed by atoms with Crippen molar-refractivity contribution in [2.24, 2.45) is 0 Å². The van der Waals surface area contributed by atoms with Gasteiger partial charge in [-0.15, -0.1) is 0 Å². The van der Waals surface area contributed by atoms with E-state index in [0.29, 0.717) is 18.2 Å². The lowest BCUT2D eigenvalue weighted by Gasteiger charge is -2.25. The van der Waals surface area contributed by atoms with E-state index in [1.165, 1.54) is 17.5 Å². The Morgan fingerprint density at radius 3 is 2.56 bits per heavy atom. The summed E-state index contributed by atoms with van der Waals surface area (Å²) in [6, 6.07) is 9.18. The lowest BCUT2D eigenvalue weighted by molar-refractivity contribution is 0.0316. The molecule has 1 aromatic rings. The van der Waals surface area contributed by atoms with Crippen molar-refractivity contribution in [2.45, 2.75) is 58.3 Å². The second kappa shape index (κ2) is 6.35. The Labute approximate surface area is 111 Å². The zero-order valence-electron chi connectivity index (χ0n) is 11.8. The average molecular weight is 247 g/mol. The fraction of sp³-hybridized carbons (Fsp3) is 0.625. The van der Waals surface area contributed by atoms with Crippen LogP contribution < -0.4 is 5.32 Å². The zero-order chi connectivity index (χ0) is 13.0. The van der Waals surface area contributed by atoms with Crippen LogP contribution >= 0.6 is 0 Å². The topological polar surface area (TPSA) is 21.3 Å². The van der Waals surface area contributed by atoms with Crippen LogP contribution in [0.15, 0.2) is 24.3 Å². The number of hydrogen-bond donors (Lipinski definition) is 1. The van der Waals surface area contributed by atoms with Gasteiger partial charge in [0.2, 0.25) is 0 Å². The fourth-order valence-corrected chi connectivity index (χ4v) is 2.62. The first-order chi connectivity index (χ1) is 8.70. The normalized spacial score (nSPS) is 25.3. The molecule has 0 aromatic heterocycles. The summed E-state index contributed by atoms with van der Waals surface area (Å²) in [4.78, 5) is 0. The molecule has 1 heterocycles. The standard InChI is InChI=1S/C16H25NO/c1-4-11-17-16(15-10-7-13(3)18-15)14-8-5-12(2)6-9-14/h5-6,8-9,13,15-17H,4,7,10-11H2,1-3H3. The van der Waals surface area contributed by atoms with Gasteiger partial charge in [0.15, 0.2) is 0 Å². The molecular weight excluding hydrogens is 222 g/mol. The van der Waals surface area contributed by atoms with Crippen LogP contribution in [0, 0.1) is 6.92 Å². The highest BCUT2D eigenvalue weighted by atomic mass is 16.5. The Kier molecular flexibility index (Phi) is 4.79. The summed E-state index contributed by atoms with van der Waals surface area (Å²) < 4.78 is 6.04. The summed E-state index contributed by atoms with van der Waals surface area (Å²) in [5.74, 6) is 0. The van der Waals surface area contributed by atoms with Crippen molar-refractivity contribution in [3.8, 4) is 0 Å². The number of aryl methyl sites for hydroxylation is 1. The Morgan fingerprint density at radius 1 is 1.28 bits per heavy atom. The maximum atomic E-state index is 6.04. The molecule has 0 aliphatic carbocycles. The Hall–Kier alpha value is -0.860. The minimum Gasteiger partial charge on any atom is -0.373 e. The molecule has 2 nitrogen and oxygen atoms in total. The van der Waals surface area contributed by atoms with Crippen molar-refractivity contribution < 1.29 is 4.74 Å². The average Bonchev–Trinajstić information content (AvgIpc) is 2.78. The van der Waals surface area contributed by atoms with E-state index in [4.69, 9.17) is 4.74 Å². The van der Waals surface area contributed by atoms with E-state index in [0.717, 1.165) is 19.4 Å². The van der Waals surface area contributed by atoms with Gasteiger partial charge in [-0.3, -0.25) is 0 Å². The molecule has 18 heavy (non-hydrogen) atoms. The summed E-state index contributed by atoms with van der Waals surface area (Å²) in [6.07, 6.45) is 4.24. The third-order valence-corrected chi connectivity index (χ3v) is 3.69. The minimum absolute atomic E-state index is 0.328. The summed E-state index contributed by atoms with van der Waals surface area (Å²) in [7, 11) is 0. The number of nitrogens with one attached hydrogen (secondary N) is 1. The van der Waals surface area contributed by atoms with E-state index < -0.39 is 0 Å². The van der Waals surface area contributed by atoms with E-state index in [2.05, 4.69) is 50.4 Å². The number of benzene rings is 1. The van der Waals surface area contributed by atoms with Crippen LogP contribution in [0.4, 0.5) is 0 Å². The molecule has 100 valence electrons. The van der Waals surface area contributed by atoms with Crippen LogP contribution in [0.2, 0.25) is 0 Å². The fourth-order valence-electron chi connectivity index (χ4n) is 2.62. The van der Waals surface area contributed by atoms with Crippen LogP contribution in [0.3, 0.4) is 0 Å². The van der Waals surface area contributed by atoms with Crippen molar-refractivity contribution in [3.63, 3.8) is 0 Å². The number of rotatable bonds is 5. The van der Waals surface area contributed by atoms with Gasteiger partial charge in [0, 0.05) is 0 Å². The van der Waals surface area contributed by atoms with Crippen LogP contribution in [-0.2, 0) is 4.74 Å². The molecule has 1 aliphatic rings. The van der Waals surface area contributed by atoms with E-state index in [9.17, 15) is 0 Å². The highest BCUT2D eigenvalue weighted by molar-refractivity contribution is 5.25. The Morgan fingerprint density at radius 2 is 2.00 bits per heavy atom. The quantitative estimate of drug-likeness (QED) is 0.858. The molecule has 0 amide bonds. The molecule has 2 heteroatoms. The van der Waals surface area contributed by atoms with Gasteiger partial charge in [-0.05, 0) is 45.2 Å².